The maximum Gasteiger partial charge on any atom is 0.137 e. The van der Waals surface area contributed by atoms with Crippen molar-refractivity contribution in [1.29, 1.82) is 0 Å². The standard InChI is InChI=1S/C19H23N3O/c1-4-5-6-14(2)13-23-17-7-8-22(12-17)16-9-18-15(3)10-20-19(18)21-11-16/h4-6,9-11,17H,1-2,7-8,12-13H2,3H3,(H,20,21)/b6-5-. The second kappa shape index (κ2) is 6.84. The Hall–Kier alpha value is -2.33. The largest absolute Gasteiger partial charge is 0.372 e. The number of hydrogen-bond donors (Lipinski definition) is 1. The summed E-state index contributed by atoms with van der Waals surface area (Å²) >= 11 is 0. The number of nitrogens with one attached hydrogen (secondary N) is 1. The van der Waals surface area contributed by atoms with Gasteiger partial charge in [-0.15, -0.1) is 0 Å². The Balaban J connectivity index is 1.60. The molecule has 2 aromatic heterocycles. The Labute approximate surface area is 137 Å². The second-order valence-corrected chi connectivity index (χ2v) is 5.98. The minimum absolute atomic E-state index is 0.242. The molecule has 0 aromatic carbocycles. The third kappa shape index (κ3) is 3.54. The molecule has 2 aromatic rings. The van der Waals surface area contributed by atoms with E-state index in [1.807, 2.05) is 24.5 Å². The van der Waals surface area contributed by atoms with Crippen molar-refractivity contribution in [3.05, 3.63) is 61.0 Å². The maximum atomic E-state index is 5.96. The van der Waals surface area contributed by atoms with Crippen LogP contribution in [0.1, 0.15) is 12.0 Å². The zero-order valence-corrected chi connectivity index (χ0v) is 13.6. The summed E-state index contributed by atoms with van der Waals surface area (Å²) in [6, 6.07) is 2.21. The van der Waals surface area contributed by atoms with Gasteiger partial charge in [0.1, 0.15) is 5.65 Å². The van der Waals surface area contributed by atoms with Gasteiger partial charge in [0, 0.05) is 24.7 Å². The topological polar surface area (TPSA) is 41.1 Å². The molecule has 1 N–H and O–H groups in total. The van der Waals surface area contributed by atoms with Crippen LogP contribution in [0, 0.1) is 6.92 Å². The normalized spacial score (nSPS) is 18.1. The van der Waals surface area contributed by atoms with E-state index in [-0.39, 0.29) is 6.10 Å². The van der Waals surface area contributed by atoms with Crippen LogP contribution in [-0.4, -0.2) is 35.8 Å². The summed E-state index contributed by atoms with van der Waals surface area (Å²) in [4.78, 5) is 10.0. The lowest BCUT2D eigenvalue weighted by molar-refractivity contribution is 0.0875. The smallest absolute Gasteiger partial charge is 0.137 e. The van der Waals surface area contributed by atoms with Crippen LogP contribution >= 0.6 is 0 Å². The Bertz CT molecular complexity index is 744. The zero-order valence-electron chi connectivity index (χ0n) is 13.6. The van der Waals surface area contributed by atoms with Crippen molar-refractivity contribution in [2.75, 3.05) is 24.6 Å². The highest BCUT2D eigenvalue weighted by molar-refractivity contribution is 5.82. The van der Waals surface area contributed by atoms with Gasteiger partial charge in [0.2, 0.25) is 0 Å². The molecule has 0 bridgehead atoms. The molecule has 4 heteroatoms. The van der Waals surface area contributed by atoms with Crippen molar-refractivity contribution in [3.8, 4) is 0 Å². The molecule has 0 radical (unpaired) electrons. The predicted molar refractivity (Wildman–Crippen MR) is 95.9 cm³/mol. The third-order valence-corrected chi connectivity index (χ3v) is 4.21. The van der Waals surface area contributed by atoms with E-state index in [2.05, 4.69) is 41.0 Å². The molecule has 0 aliphatic carbocycles. The van der Waals surface area contributed by atoms with Gasteiger partial charge in [0.05, 0.1) is 24.6 Å². The summed E-state index contributed by atoms with van der Waals surface area (Å²) in [5, 5.41) is 1.19. The van der Waals surface area contributed by atoms with Gasteiger partial charge in [-0.25, -0.2) is 4.98 Å². The number of aryl methyl sites for hydroxylation is 1. The quantitative estimate of drug-likeness (QED) is 0.826. The number of pyridine rings is 1. The number of fused-ring (bicyclic) bond motifs is 1. The minimum atomic E-state index is 0.242. The summed E-state index contributed by atoms with van der Waals surface area (Å²) in [6.07, 6.45) is 10.8. The van der Waals surface area contributed by atoms with Crippen LogP contribution in [0.5, 0.6) is 0 Å². The fourth-order valence-electron chi connectivity index (χ4n) is 2.87. The second-order valence-electron chi connectivity index (χ2n) is 5.98. The van der Waals surface area contributed by atoms with Crippen LogP contribution in [0.4, 0.5) is 5.69 Å². The van der Waals surface area contributed by atoms with Gasteiger partial charge in [0.15, 0.2) is 0 Å². The van der Waals surface area contributed by atoms with E-state index >= 15 is 0 Å². The van der Waals surface area contributed by atoms with Gasteiger partial charge in [-0.05, 0) is 30.5 Å². The van der Waals surface area contributed by atoms with Crippen molar-refractivity contribution in [2.24, 2.45) is 0 Å². The van der Waals surface area contributed by atoms with Gasteiger partial charge >= 0.3 is 0 Å². The van der Waals surface area contributed by atoms with Gasteiger partial charge in [-0.3, -0.25) is 0 Å². The van der Waals surface area contributed by atoms with Crippen LogP contribution < -0.4 is 4.90 Å². The number of aromatic amines is 1. The number of anilines is 1. The highest BCUT2D eigenvalue weighted by Crippen LogP contribution is 2.26. The molecule has 120 valence electrons. The van der Waals surface area contributed by atoms with Crippen LogP contribution in [0.2, 0.25) is 0 Å². The first-order chi connectivity index (χ1) is 11.2. The number of H-pyrrole nitrogens is 1. The third-order valence-electron chi connectivity index (χ3n) is 4.21. The highest BCUT2D eigenvalue weighted by Gasteiger charge is 2.23. The summed E-state index contributed by atoms with van der Waals surface area (Å²) in [5.41, 5.74) is 4.31. The van der Waals surface area contributed by atoms with Crippen molar-refractivity contribution in [3.63, 3.8) is 0 Å². The summed E-state index contributed by atoms with van der Waals surface area (Å²) in [6.45, 7) is 12.2. The SMILES string of the molecule is C=C/C=C\C(=C)COC1CCN(c2cnc3[nH]cc(C)c3c2)C1. The molecule has 4 nitrogen and oxygen atoms in total. The van der Waals surface area contributed by atoms with E-state index in [4.69, 9.17) is 4.74 Å². The lowest BCUT2D eigenvalue weighted by Gasteiger charge is -2.18. The molecule has 23 heavy (non-hydrogen) atoms. The number of hydrogen-bond acceptors (Lipinski definition) is 3. The Morgan fingerprint density at radius 1 is 1.57 bits per heavy atom. The Kier molecular flexibility index (Phi) is 4.63. The molecular formula is C19H23N3O. The number of ether oxygens (including phenoxy) is 1. The number of nitrogens with zero attached hydrogens (tertiary/aromatic N) is 2. The van der Waals surface area contributed by atoms with Crippen LogP contribution in [-0.2, 0) is 4.74 Å². The molecule has 1 aliphatic rings. The van der Waals surface area contributed by atoms with Crippen LogP contribution in [0.25, 0.3) is 11.0 Å². The van der Waals surface area contributed by atoms with E-state index < -0.39 is 0 Å². The summed E-state index contributed by atoms with van der Waals surface area (Å²) in [5.74, 6) is 0. The van der Waals surface area contributed by atoms with Crippen molar-refractivity contribution in [2.45, 2.75) is 19.4 Å². The fourth-order valence-corrected chi connectivity index (χ4v) is 2.87. The molecule has 1 saturated heterocycles. The maximum absolute atomic E-state index is 5.96. The molecule has 1 aliphatic heterocycles. The van der Waals surface area contributed by atoms with Crippen molar-refractivity contribution >= 4 is 16.7 Å². The Morgan fingerprint density at radius 3 is 3.26 bits per heavy atom. The van der Waals surface area contributed by atoms with Crippen molar-refractivity contribution < 1.29 is 4.74 Å². The minimum Gasteiger partial charge on any atom is -0.372 e. The van der Waals surface area contributed by atoms with Gasteiger partial charge in [0.25, 0.3) is 0 Å². The molecule has 0 saturated carbocycles. The van der Waals surface area contributed by atoms with Crippen LogP contribution in [0.15, 0.2) is 55.4 Å². The zero-order chi connectivity index (χ0) is 16.2. The molecular weight excluding hydrogens is 286 g/mol. The first-order valence-corrected chi connectivity index (χ1v) is 7.94. The van der Waals surface area contributed by atoms with Crippen LogP contribution in [0.3, 0.4) is 0 Å². The summed E-state index contributed by atoms with van der Waals surface area (Å²) < 4.78 is 5.96. The van der Waals surface area contributed by atoms with E-state index in [1.54, 1.807) is 6.08 Å². The first-order valence-electron chi connectivity index (χ1n) is 7.94. The molecule has 3 rings (SSSR count). The number of aromatic nitrogens is 2. The highest BCUT2D eigenvalue weighted by atomic mass is 16.5. The Morgan fingerprint density at radius 2 is 2.43 bits per heavy atom. The molecule has 1 unspecified atom stereocenters. The molecule has 1 fully saturated rings. The molecule has 3 heterocycles. The molecule has 0 spiro atoms. The van der Waals surface area contributed by atoms with Gasteiger partial charge < -0.3 is 14.6 Å². The van der Waals surface area contributed by atoms with Gasteiger partial charge in [-0.1, -0.05) is 31.4 Å². The average molecular weight is 309 g/mol. The van der Waals surface area contributed by atoms with E-state index in [0.717, 1.165) is 36.4 Å². The lowest BCUT2D eigenvalue weighted by Crippen LogP contribution is -2.23. The first kappa shape index (κ1) is 15.6. The van der Waals surface area contributed by atoms with E-state index in [9.17, 15) is 0 Å². The van der Waals surface area contributed by atoms with Gasteiger partial charge in [-0.2, -0.15) is 0 Å². The fraction of sp³-hybridized carbons (Fsp3) is 0.316. The predicted octanol–water partition coefficient (Wildman–Crippen LogP) is 3.77. The van der Waals surface area contributed by atoms with Crippen molar-refractivity contribution in [1.82, 2.24) is 9.97 Å². The number of rotatable bonds is 6. The lowest BCUT2D eigenvalue weighted by atomic mass is 10.2. The van der Waals surface area contributed by atoms with E-state index in [0.29, 0.717) is 6.61 Å². The average Bonchev–Trinajstić information content (AvgIpc) is 3.18. The molecule has 1 atom stereocenters. The van der Waals surface area contributed by atoms with E-state index in [1.165, 1.54) is 10.9 Å². The summed E-state index contributed by atoms with van der Waals surface area (Å²) in [7, 11) is 0. The number of allylic oxidation sites excluding steroid dienone is 2. The molecule has 0 amide bonds. The monoisotopic (exact) mass is 309 g/mol.